The summed E-state index contributed by atoms with van der Waals surface area (Å²) < 4.78 is 77.7. The van der Waals surface area contributed by atoms with E-state index in [2.05, 4.69) is 9.72 Å². The molecule has 3 N–H and O–H groups in total. The molecule has 0 aromatic carbocycles. The third-order valence-corrected chi connectivity index (χ3v) is 2.23. The Hall–Kier alpha value is -2.04. The van der Waals surface area contributed by atoms with E-state index in [1.165, 1.54) is 0 Å². The third kappa shape index (κ3) is 4.77. The lowest BCUT2D eigenvalue weighted by Gasteiger charge is -2.17. The number of nitrogens with zero attached hydrogens (tertiary/aromatic N) is 1. The molecule has 1 aromatic rings. The Bertz CT molecular complexity index is 541. The summed E-state index contributed by atoms with van der Waals surface area (Å²) >= 11 is 0. The van der Waals surface area contributed by atoms with Gasteiger partial charge in [0.25, 0.3) is 0 Å². The predicted octanol–water partition coefficient (Wildman–Crippen LogP) is 2.08. The zero-order valence-electron chi connectivity index (χ0n) is 10.0. The van der Waals surface area contributed by atoms with Gasteiger partial charge in [0.15, 0.2) is 0 Å². The van der Waals surface area contributed by atoms with Gasteiger partial charge in [-0.2, -0.15) is 13.2 Å². The number of carboxylic acid groups (broad SMARTS) is 1. The van der Waals surface area contributed by atoms with Crippen LogP contribution in [0.4, 0.5) is 26.3 Å². The van der Waals surface area contributed by atoms with E-state index in [9.17, 15) is 31.1 Å². The van der Waals surface area contributed by atoms with E-state index in [0.29, 0.717) is 6.07 Å². The minimum atomic E-state index is -5.29. The Kier molecular flexibility index (Phi) is 4.66. The fourth-order valence-electron chi connectivity index (χ4n) is 1.48. The fourth-order valence-corrected chi connectivity index (χ4v) is 1.48. The van der Waals surface area contributed by atoms with Crippen LogP contribution in [0, 0.1) is 0 Å². The van der Waals surface area contributed by atoms with Crippen molar-refractivity contribution in [3.05, 3.63) is 22.9 Å². The van der Waals surface area contributed by atoms with Gasteiger partial charge in [-0.25, -0.2) is 4.98 Å². The number of hydrogen-bond donors (Lipinski definition) is 2. The lowest BCUT2D eigenvalue weighted by atomic mass is 10.0. The molecule has 0 saturated carbocycles. The summed E-state index contributed by atoms with van der Waals surface area (Å²) in [6, 6.07) is 0.333. The van der Waals surface area contributed by atoms with Gasteiger partial charge in [0.2, 0.25) is 5.88 Å². The minimum absolute atomic E-state index is 0.333. The second-order valence-electron chi connectivity index (χ2n) is 3.77. The molecule has 1 heterocycles. The van der Waals surface area contributed by atoms with Gasteiger partial charge >= 0.3 is 18.5 Å². The number of ether oxygens (including phenoxy) is 1. The average Bonchev–Trinajstić information content (AvgIpc) is 2.24. The van der Waals surface area contributed by atoms with Crippen LogP contribution in [0.2, 0.25) is 0 Å². The monoisotopic (exact) mass is 318 g/mol. The predicted molar refractivity (Wildman–Crippen MR) is 55.2 cm³/mol. The molecule has 0 aliphatic rings. The molecule has 0 radical (unpaired) electrons. The molecule has 0 aliphatic heterocycles. The number of pyridine rings is 1. The molecule has 0 spiro atoms. The number of hydrogen-bond acceptors (Lipinski definition) is 4. The van der Waals surface area contributed by atoms with Gasteiger partial charge in [0, 0.05) is 12.1 Å². The Morgan fingerprint density at radius 3 is 2.24 bits per heavy atom. The number of carboxylic acids is 1. The first-order valence-electron chi connectivity index (χ1n) is 5.21. The van der Waals surface area contributed by atoms with Gasteiger partial charge in [-0.3, -0.25) is 4.79 Å². The second-order valence-corrected chi connectivity index (χ2v) is 3.77. The normalized spacial score (nSPS) is 12.3. The first-order valence-corrected chi connectivity index (χ1v) is 5.21. The van der Waals surface area contributed by atoms with Crippen LogP contribution in [0.5, 0.6) is 5.88 Å². The smallest absolute Gasteiger partial charge is 0.481 e. The molecule has 0 unspecified atom stereocenters. The lowest BCUT2D eigenvalue weighted by Crippen LogP contribution is -2.22. The summed E-state index contributed by atoms with van der Waals surface area (Å²) in [5.41, 5.74) is 2.34. The number of aliphatic carboxylic acids is 1. The lowest BCUT2D eigenvalue weighted by molar-refractivity contribution is -0.276. The number of alkyl halides is 6. The molecule has 0 fully saturated rings. The van der Waals surface area contributed by atoms with Gasteiger partial charge in [-0.15, -0.1) is 13.2 Å². The molecule has 1 rings (SSSR count). The van der Waals surface area contributed by atoms with Crippen LogP contribution >= 0.6 is 0 Å². The Labute approximate surface area is 113 Å². The Morgan fingerprint density at radius 2 is 1.86 bits per heavy atom. The molecule has 11 heteroatoms. The Balaban J connectivity index is 3.47. The van der Waals surface area contributed by atoms with Crippen molar-refractivity contribution in [2.75, 3.05) is 0 Å². The summed E-state index contributed by atoms with van der Waals surface area (Å²) in [4.78, 5) is 13.3. The van der Waals surface area contributed by atoms with Crippen molar-refractivity contribution in [2.24, 2.45) is 5.73 Å². The first-order chi connectivity index (χ1) is 9.44. The molecule has 118 valence electrons. The maximum absolute atomic E-state index is 12.6. The van der Waals surface area contributed by atoms with Crippen LogP contribution in [0.25, 0.3) is 0 Å². The third-order valence-electron chi connectivity index (χ3n) is 2.23. The molecule has 0 saturated heterocycles. The molecule has 0 amide bonds. The highest BCUT2D eigenvalue weighted by molar-refractivity contribution is 5.71. The number of halogens is 6. The van der Waals surface area contributed by atoms with Crippen molar-refractivity contribution in [1.82, 2.24) is 4.98 Å². The topological polar surface area (TPSA) is 85.4 Å². The molecule has 0 atom stereocenters. The highest BCUT2D eigenvalue weighted by Crippen LogP contribution is 2.34. The molecule has 0 aliphatic carbocycles. The zero-order valence-corrected chi connectivity index (χ0v) is 10.0. The second kappa shape index (κ2) is 5.76. The van der Waals surface area contributed by atoms with E-state index in [1.807, 2.05) is 0 Å². The van der Waals surface area contributed by atoms with Crippen molar-refractivity contribution in [3.63, 3.8) is 0 Å². The summed E-state index contributed by atoms with van der Waals surface area (Å²) in [6.07, 6.45) is -11.3. The van der Waals surface area contributed by atoms with Gasteiger partial charge in [0.05, 0.1) is 6.42 Å². The summed E-state index contributed by atoms with van der Waals surface area (Å²) in [5.74, 6) is -2.95. The highest BCUT2D eigenvalue weighted by atomic mass is 19.4. The van der Waals surface area contributed by atoms with Gasteiger partial charge < -0.3 is 15.6 Å². The zero-order chi connectivity index (χ0) is 16.4. The van der Waals surface area contributed by atoms with Crippen LogP contribution in [-0.2, 0) is 23.9 Å². The molecular formula is C10H8F6N2O3. The van der Waals surface area contributed by atoms with Crippen LogP contribution in [-0.4, -0.2) is 22.4 Å². The first kappa shape index (κ1) is 17.0. The standard InChI is InChI=1S/C10H8F6N2O3/c11-9(12,13)6-1-4(2-7(19)20)5(3-17)8(18-6)21-10(14,15)16/h1H,2-3,17H2,(H,19,20). The average molecular weight is 318 g/mol. The Morgan fingerprint density at radius 1 is 1.29 bits per heavy atom. The van der Waals surface area contributed by atoms with Crippen molar-refractivity contribution >= 4 is 5.97 Å². The SMILES string of the molecule is NCc1c(CC(=O)O)cc(C(F)(F)F)nc1OC(F)(F)F. The van der Waals surface area contributed by atoms with Gasteiger partial charge in [-0.05, 0) is 11.6 Å². The molecule has 0 bridgehead atoms. The summed E-state index contributed by atoms with van der Waals surface area (Å²) in [7, 11) is 0. The van der Waals surface area contributed by atoms with E-state index < -0.39 is 54.2 Å². The van der Waals surface area contributed by atoms with Crippen molar-refractivity contribution in [1.29, 1.82) is 0 Å². The highest BCUT2D eigenvalue weighted by Gasteiger charge is 2.38. The van der Waals surface area contributed by atoms with Crippen LogP contribution in [0.15, 0.2) is 6.07 Å². The minimum Gasteiger partial charge on any atom is -0.481 e. The van der Waals surface area contributed by atoms with Crippen LogP contribution in [0.1, 0.15) is 16.8 Å². The number of rotatable bonds is 4. The van der Waals surface area contributed by atoms with E-state index in [1.54, 1.807) is 0 Å². The number of carbonyl (C=O) groups is 1. The number of aromatic nitrogens is 1. The van der Waals surface area contributed by atoms with Crippen molar-refractivity contribution < 1.29 is 41.0 Å². The number of nitrogens with two attached hydrogens (primary N) is 1. The van der Waals surface area contributed by atoms with E-state index in [-0.39, 0.29) is 0 Å². The molecule has 5 nitrogen and oxygen atoms in total. The van der Waals surface area contributed by atoms with Gasteiger partial charge in [-0.1, -0.05) is 0 Å². The molecule has 1 aromatic heterocycles. The fraction of sp³-hybridized carbons (Fsp3) is 0.400. The summed E-state index contributed by atoms with van der Waals surface area (Å²) in [6.45, 7) is -0.667. The van der Waals surface area contributed by atoms with Crippen molar-refractivity contribution in [2.45, 2.75) is 25.5 Å². The van der Waals surface area contributed by atoms with E-state index >= 15 is 0 Å². The maximum atomic E-state index is 12.6. The molecular weight excluding hydrogens is 310 g/mol. The quantitative estimate of drug-likeness (QED) is 0.830. The van der Waals surface area contributed by atoms with Crippen LogP contribution in [0.3, 0.4) is 0 Å². The van der Waals surface area contributed by atoms with Gasteiger partial charge in [0.1, 0.15) is 5.69 Å². The summed E-state index contributed by atoms with van der Waals surface area (Å²) in [5, 5.41) is 8.60. The van der Waals surface area contributed by atoms with E-state index in [4.69, 9.17) is 10.8 Å². The van der Waals surface area contributed by atoms with Crippen LogP contribution < -0.4 is 10.5 Å². The molecule has 21 heavy (non-hydrogen) atoms. The largest absolute Gasteiger partial charge is 0.574 e. The van der Waals surface area contributed by atoms with E-state index in [0.717, 1.165) is 0 Å². The maximum Gasteiger partial charge on any atom is 0.574 e. The van der Waals surface area contributed by atoms with Crippen molar-refractivity contribution in [3.8, 4) is 5.88 Å².